The minimum absolute atomic E-state index is 0.0105. The van der Waals surface area contributed by atoms with Crippen LogP contribution in [0, 0.1) is 23.7 Å². The van der Waals surface area contributed by atoms with Gasteiger partial charge in [-0.25, -0.2) is 9.59 Å². The molecule has 2 aromatic rings. The minimum Gasteiger partial charge on any atom is -0.447 e. The zero-order chi connectivity index (χ0) is 61.0. The van der Waals surface area contributed by atoms with Crippen LogP contribution >= 0.6 is 0 Å². The van der Waals surface area contributed by atoms with Crippen LogP contribution in [0.2, 0.25) is 0 Å². The molecule has 23 heteroatoms. The van der Waals surface area contributed by atoms with Crippen molar-refractivity contribution in [2.45, 2.75) is 123 Å². The Morgan fingerprint density at radius 3 is 1.23 bits per heavy atom. The first-order valence-corrected chi connectivity index (χ1v) is 28.9. The Hall–Kier alpha value is -6.66. The first-order valence-electron chi connectivity index (χ1n) is 28.9. The van der Waals surface area contributed by atoms with E-state index in [0.717, 1.165) is 11.1 Å². The van der Waals surface area contributed by atoms with Crippen molar-refractivity contribution in [1.82, 2.24) is 31.9 Å². The van der Waals surface area contributed by atoms with Crippen molar-refractivity contribution in [3.63, 3.8) is 0 Å². The molecule has 464 valence electrons. The van der Waals surface area contributed by atoms with E-state index in [-0.39, 0.29) is 133 Å². The molecule has 0 spiro atoms. The van der Waals surface area contributed by atoms with Crippen LogP contribution in [-0.2, 0) is 79.6 Å². The third kappa shape index (κ3) is 36.5. The molecule has 23 nitrogen and oxygen atoms in total. The maximum Gasteiger partial charge on any atom is 0.407 e. The van der Waals surface area contributed by atoms with Crippen LogP contribution in [0.3, 0.4) is 0 Å². The molecule has 2 aromatic carbocycles. The predicted molar refractivity (Wildman–Crippen MR) is 310 cm³/mol. The normalized spacial score (nSPS) is 12.5. The van der Waals surface area contributed by atoms with Gasteiger partial charge >= 0.3 is 12.2 Å². The van der Waals surface area contributed by atoms with E-state index in [2.05, 4.69) is 31.9 Å². The minimum atomic E-state index is -0.904. The summed E-state index contributed by atoms with van der Waals surface area (Å²) in [6.07, 6.45) is 0.240. The van der Waals surface area contributed by atoms with Crippen LogP contribution in [0.25, 0.3) is 0 Å². The quantitative estimate of drug-likeness (QED) is 0.0462. The average molecular weight is 1170 g/mol. The van der Waals surface area contributed by atoms with Gasteiger partial charge in [-0.1, -0.05) is 88.4 Å². The van der Waals surface area contributed by atoms with Gasteiger partial charge < -0.3 is 66.1 Å². The van der Waals surface area contributed by atoms with E-state index in [1.165, 1.54) is 0 Å². The van der Waals surface area contributed by atoms with Gasteiger partial charge in [-0.3, -0.25) is 38.4 Å². The summed E-state index contributed by atoms with van der Waals surface area (Å²) in [5.41, 5.74) is 7.03. The van der Waals surface area contributed by atoms with Crippen molar-refractivity contribution in [1.29, 1.82) is 0 Å². The molecule has 0 bridgehead atoms. The van der Waals surface area contributed by atoms with Crippen LogP contribution in [0.4, 0.5) is 9.59 Å². The molecule has 0 aliphatic heterocycles. The van der Waals surface area contributed by atoms with Crippen molar-refractivity contribution >= 4 is 58.9 Å². The summed E-state index contributed by atoms with van der Waals surface area (Å²) in [5.74, 6) is -4.80. The maximum absolute atomic E-state index is 13.8. The number of carbonyl (C=O) groups excluding carboxylic acids is 10. The summed E-state index contributed by atoms with van der Waals surface area (Å²) in [4.78, 5) is 131. The Kier molecular flexibility index (Phi) is 39.2. The number of ether oxygens (including phenoxy) is 6. The summed E-state index contributed by atoms with van der Waals surface area (Å²) in [6.45, 7) is 10.1. The molecule has 4 atom stereocenters. The largest absolute Gasteiger partial charge is 0.447 e. The summed E-state index contributed by atoms with van der Waals surface area (Å²) < 4.78 is 31.4. The van der Waals surface area contributed by atoms with E-state index in [9.17, 15) is 47.9 Å². The molecule has 0 aliphatic carbocycles. The van der Waals surface area contributed by atoms with Gasteiger partial charge in [0.2, 0.25) is 23.6 Å². The van der Waals surface area contributed by atoms with Crippen LogP contribution in [0.1, 0.15) is 109 Å². The molecule has 2 rings (SSSR count). The monoisotopic (exact) mass is 1170 g/mol. The molecule has 8 N–H and O–H groups in total. The number of rotatable bonds is 48. The van der Waals surface area contributed by atoms with Gasteiger partial charge in [0, 0.05) is 90.4 Å². The molecule has 0 radical (unpaired) electrons. The fraction of sp³-hybridized carbons (Fsp3) is 0.633. The highest BCUT2D eigenvalue weighted by atomic mass is 16.6. The Morgan fingerprint density at radius 2 is 0.855 bits per heavy atom. The predicted octanol–water partition coefficient (Wildman–Crippen LogP) is 3.89. The molecule has 6 amide bonds. The van der Waals surface area contributed by atoms with Crippen molar-refractivity contribution in [2.75, 3.05) is 99.3 Å². The number of carbonyl (C=O) groups is 10. The van der Waals surface area contributed by atoms with Crippen LogP contribution in [0.5, 0.6) is 0 Å². The second kappa shape index (κ2) is 44.9. The molecular formula is C60H93N7O16. The highest BCUT2D eigenvalue weighted by Gasteiger charge is 2.30. The Labute approximate surface area is 489 Å². The number of benzene rings is 2. The lowest BCUT2D eigenvalue weighted by Crippen LogP contribution is -2.46. The Bertz CT molecular complexity index is 2240. The molecule has 0 aliphatic rings. The second-order valence-electron chi connectivity index (χ2n) is 20.9. The van der Waals surface area contributed by atoms with Gasteiger partial charge in [-0.2, -0.15) is 0 Å². The van der Waals surface area contributed by atoms with Crippen LogP contribution < -0.4 is 37.6 Å². The van der Waals surface area contributed by atoms with E-state index < -0.39 is 66.0 Å². The van der Waals surface area contributed by atoms with E-state index >= 15 is 0 Å². The van der Waals surface area contributed by atoms with E-state index in [0.29, 0.717) is 71.6 Å². The van der Waals surface area contributed by atoms with Gasteiger partial charge in [0.25, 0.3) is 0 Å². The molecule has 0 aromatic heterocycles. The fourth-order valence-electron chi connectivity index (χ4n) is 8.34. The van der Waals surface area contributed by atoms with E-state index in [1.807, 2.05) is 88.4 Å². The van der Waals surface area contributed by atoms with Crippen LogP contribution in [0.15, 0.2) is 60.7 Å². The highest BCUT2D eigenvalue weighted by Crippen LogP contribution is 2.18. The SMILES string of the molecule is COCCOCCCNC(=O)CCC(=O)C(CC(C)C)NC(=O)C(CC(=O)CNC(=O)OCCOCCCNC(=O)CCC(=O)C(CC(C)C)NC(=O)C(CC(=O)CNC(=O)OCCOCCCN)Cc1ccccc1)Cc1ccccc1. The lowest BCUT2D eigenvalue weighted by atomic mass is 9.91. The molecule has 0 saturated heterocycles. The molecule has 4 unspecified atom stereocenters. The van der Waals surface area contributed by atoms with Gasteiger partial charge in [0.05, 0.1) is 51.6 Å². The number of Topliss-reactive ketones (excluding diaryl/α,β-unsaturated/α-hetero) is 4. The number of methoxy groups -OCH3 is 1. The Morgan fingerprint density at radius 1 is 0.470 bits per heavy atom. The van der Waals surface area contributed by atoms with Crippen molar-refractivity contribution in [3.05, 3.63) is 71.8 Å². The maximum atomic E-state index is 13.8. The second-order valence-corrected chi connectivity index (χ2v) is 20.9. The van der Waals surface area contributed by atoms with Gasteiger partial charge in [-0.15, -0.1) is 0 Å². The summed E-state index contributed by atoms with van der Waals surface area (Å²) in [7, 11) is 1.58. The number of amides is 6. The fourth-order valence-corrected chi connectivity index (χ4v) is 8.34. The number of nitrogens with two attached hydrogens (primary N) is 1. The van der Waals surface area contributed by atoms with E-state index in [4.69, 9.17) is 34.2 Å². The molecule has 83 heavy (non-hydrogen) atoms. The Balaban J connectivity index is 1.78. The molecule has 0 heterocycles. The summed E-state index contributed by atoms with van der Waals surface area (Å²) in [6, 6.07) is 16.5. The standard InChI is InChI=1S/C60H93N7O16/c1-43(2)35-51(53(70)19-21-55(72)62-24-13-27-80-30-29-78-5)66-58(75)48(38-46-17-10-7-11-18-46)40-50(69)42-65-60(77)83-34-32-81-28-14-25-63-56(73)22-20-54(71)52(36-44(3)4)67-57(74)47(37-45-15-8-6-9-16-45)39-49(68)41-64-59(76)82-33-31-79-26-12-23-61/h6-11,15-18,43-44,47-48,51-52H,12-14,19-42,61H2,1-5H3,(H,62,72)(H,63,73)(H,64,76)(H,65,77)(H,66,75)(H,67,74). The number of nitrogens with one attached hydrogen (secondary N) is 6. The third-order valence-electron chi connectivity index (χ3n) is 12.6. The van der Waals surface area contributed by atoms with Crippen molar-refractivity contribution in [2.24, 2.45) is 29.4 Å². The van der Waals surface area contributed by atoms with Gasteiger partial charge in [0.15, 0.2) is 23.1 Å². The number of hydrogen-bond donors (Lipinski definition) is 7. The summed E-state index contributed by atoms with van der Waals surface area (Å²) >= 11 is 0. The number of hydrogen-bond acceptors (Lipinski definition) is 17. The number of ketones is 4. The zero-order valence-corrected chi connectivity index (χ0v) is 49.4. The van der Waals surface area contributed by atoms with Crippen LogP contribution in [-0.4, -0.2) is 170 Å². The summed E-state index contributed by atoms with van der Waals surface area (Å²) in [5, 5.41) is 16.0. The van der Waals surface area contributed by atoms with Crippen molar-refractivity contribution < 1.29 is 76.4 Å². The average Bonchev–Trinajstić information content (AvgIpc) is 3.48. The zero-order valence-electron chi connectivity index (χ0n) is 49.4. The molecule has 0 saturated carbocycles. The first kappa shape index (κ1) is 72.4. The molecular weight excluding hydrogens is 1070 g/mol. The topological polar surface area (TPSA) is 324 Å². The van der Waals surface area contributed by atoms with Crippen molar-refractivity contribution in [3.8, 4) is 0 Å². The molecule has 0 fully saturated rings. The highest BCUT2D eigenvalue weighted by molar-refractivity contribution is 5.95. The first-order chi connectivity index (χ1) is 39.9. The van der Waals surface area contributed by atoms with Gasteiger partial charge in [-0.05, 0) is 74.5 Å². The lowest BCUT2D eigenvalue weighted by molar-refractivity contribution is -0.133. The van der Waals surface area contributed by atoms with Gasteiger partial charge in [0.1, 0.15) is 13.2 Å². The number of alkyl carbamates (subject to hydrolysis) is 2. The lowest BCUT2D eigenvalue weighted by Gasteiger charge is -2.23. The third-order valence-corrected chi connectivity index (χ3v) is 12.6. The smallest absolute Gasteiger partial charge is 0.407 e. The van der Waals surface area contributed by atoms with E-state index in [1.54, 1.807) is 7.11 Å².